The molecule has 0 N–H and O–H groups in total. The van der Waals surface area contributed by atoms with E-state index >= 15 is 0 Å². The summed E-state index contributed by atoms with van der Waals surface area (Å²) < 4.78 is 1.15. The van der Waals surface area contributed by atoms with Crippen molar-refractivity contribution in [3.8, 4) is 0 Å². The number of benzene rings is 2. The SMILES string of the molecule is C=CC(C)=O.CC(C)c1ccc(Br)cc1.Cc1ccc(C)c(C)c1. The predicted octanol–water partition coefficient (Wildman–Crippen LogP) is 6.95. The Kier molecular flexibility index (Phi) is 11.0. The number of carbonyl (C=O) groups excluding carboxylic acids is 1. The first kappa shape index (κ1) is 22.3. The molecule has 1 nitrogen and oxygen atoms in total. The lowest BCUT2D eigenvalue weighted by molar-refractivity contribution is -0.112. The highest BCUT2D eigenvalue weighted by Gasteiger charge is 1.96. The van der Waals surface area contributed by atoms with Crippen LogP contribution in [-0.2, 0) is 4.79 Å². The first-order chi connectivity index (χ1) is 11.2. The average molecular weight is 389 g/mol. The van der Waals surface area contributed by atoms with E-state index in [1.54, 1.807) is 0 Å². The van der Waals surface area contributed by atoms with Crippen LogP contribution < -0.4 is 0 Å². The van der Waals surface area contributed by atoms with Crippen molar-refractivity contribution in [2.45, 2.75) is 47.5 Å². The Morgan fingerprint density at radius 3 is 1.83 bits per heavy atom. The van der Waals surface area contributed by atoms with Crippen LogP contribution in [0.15, 0.2) is 59.6 Å². The van der Waals surface area contributed by atoms with E-state index in [0.29, 0.717) is 5.92 Å². The summed E-state index contributed by atoms with van der Waals surface area (Å²) in [4.78, 5) is 9.69. The van der Waals surface area contributed by atoms with Gasteiger partial charge in [0.15, 0.2) is 5.78 Å². The highest BCUT2D eigenvalue weighted by molar-refractivity contribution is 9.10. The fraction of sp³-hybridized carbons (Fsp3) is 0.318. The number of ketones is 1. The van der Waals surface area contributed by atoms with Crippen LogP contribution in [0.2, 0.25) is 0 Å². The summed E-state index contributed by atoms with van der Waals surface area (Å²) in [5, 5.41) is 0. The first-order valence-corrected chi connectivity index (χ1v) is 8.89. The maximum Gasteiger partial charge on any atom is 0.152 e. The second-order valence-corrected chi connectivity index (χ2v) is 7.02. The number of hydrogen-bond donors (Lipinski definition) is 0. The van der Waals surface area contributed by atoms with Gasteiger partial charge in [0.05, 0.1) is 0 Å². The van der Waals surface area contributed by atoms with Gasteiger partial charge in [0, 0.05) is 4.47 Å². The van der Waals surface area contributed by atoms with Crippen LogP contribution in [0.3, 0.4) is 0 Å². The second-order valence-electron chi connectivity index (χ2n) is 6.11. The van der Waals surface area contributed by atoms with E-state index in [1.807, 2.05) is 0 Å². The Bertz CT molecular complexity index is 640. The van der Waals surface area contributed by atoms with Gasteiger partial charge in [-0.25, -0.2) is 0 Å². The Labute approximate surface area is 155 Å². The van der Waals surface area contributed by atoms with Crippen molar-refractivity contribution in [3.63, 3.8) is 0 Å². The molecule has 0 aliphatic carbocycles. The third kappa shape index (κ3) is 10.2. The van der Waals surface area contributed by atoms with Crippen molar-refractivity contribution in [3.05, 3.63) is 81.8 Å². The van der Waals surface area contributed by atoms with Crippen LogP contribution in [-0.4, -0.2) is 5.78 Å². The van der Waals surface area contributed by atoms with E-state index in [1.165, 1.54) is 35.3 Å². The van der Waals surface area contributed by atoms with Crippen LogP contribution >= 0.6 is 15.9 Å². The maximum absolute atomic E-state index is 9.69. The van der Waals surface area contributed by atoms with Gasteiger partial charge in [0.1, 0.15) is 0 Å². The Hall–Kier alpha value is -1.67. The molecule has 0 atom stereocenters. The van der Waals surface area contributed by atoms with E-state index in [9.17, 15) is 4.79 Å². The Balaban J connectivity index is 0.000000351. The summed E-state index contributed by atoms with van der Waals surface area (Å²) in [7, 11) is 0. The quantitative estimate of drug-likeness (QED) is 0.508. The van der Waals surface area contributed by atoms with Crippen molar-refractivity contribution < 1.29 is 4.79 Å². The van der Waals surface area contributed by atoms with Crippen LogP contribution in [0.5, 0.6) is 0 Å². The highest BCUT2D eigenvalue weighted by Crippen LogP contribution is 2.17. The van der Waals surface area contributed by atoms with Crippen LogP contribution in [0.4, 0.5) is 0 Å². The Morgan fingerprint density at radius 2 is 1.50 bits per heavy atom. The first-order valence-electron chi connectivity index (χ1n) is 8.09. The molecule has 2 aromatic carbocycles. The summed E-state index contributed by atoms with van der Waals surface area (Å²) in [6.45, 7) is 15.5. The molecule has 0 fully saturated rings. The van der Waals surface area contributed by atoms with Crippen molar-refractivity contribution in [2.75, 3.05) is 0 Å². The van der Waals surface area contributed by atoms with Gasteiger partial charge < -0.3 is 0 Å². The zero-order valence-electron chi connectivity index (χ0n) is 15.7. The lowest BCUT2D eigenvalue weighted by atomic mass is 10.0. The Morgan fingerprint density at radius 1 is 1.00 bits per heavy atom. The summed E-state index contributed by atoms with van der Waals surface area (Å²) in [6.07, 6.45) is 1.28. The van der Waals surface area contributed by atoms with Gasteiger partial charge in [0.25, 0.3) is 0 Å². The molecule has 0 aromatic heterocycles. The number of rotatable bonds is 2. The molecule has 2 heteroatoms. The van der Waals surface area contributed by atoms with Gasteiger partial charge in [-0.2, -0.15) is 0 Å². The topological polar surface area (TPSA) is 17.1 Å². The van der Waals surface area contributed by atoms with Crippen molar-refractivity contribution in [1.82, 2.24) is 0 Å². The molecular formula is C22H29BrO. The number of aryl methyl sites for hydroxylation is 3. The van der Waals surface area contributed by atoms with Gasteiger partial charge in [-0.3, -0.25) is 4.79 Å². The molecule has 0 spiro atoms. The third-order valence-electron chi connectivity index (χ3n) is 3.49. The lowest BCUT2D eigenvalue weighted by Gasteiger charge is -2.03. The smallest absolute Gasteiger partial charge is 0.152 e. The summed E-state index contributed by atoms with van der Waals surface area (Å²) in [5.41, 5.74) is 5.50. The number of carbonyl (C=O) groups is 1. The van der Waals surface area contributed by atoms with Crippen molar-refractivity contribution >= 4 is 21.7 Å². The molecular weight excluding hydrogens is 360 g/mol. The van der Waals surface area contributed by atoms with Crippen molar-refractivity contribution in [1.29, 1.82) is 0 Å². The molecule has 0 bridgehead atoms. The van der Waals surface area contributed by atoms with Gasteiger partial charge in [0.2, 0.25) is 0 Å². The molecule has 0 aliphatic heterocycles. The largest absolute Gasteiger partial charge is 0.295 e. The van der Waals surface area contributed by atoms with Crippen molar-refractivity contribution in [2.24, 2.45) is 0 Å². The minimum absolute atomic E-state index is 0.0185. The summed E-state index contributed by atoms with van der Waals surface area (Å²) in [6, 6.07) is 15.0. The number of hydrogen-bond acceptors (Lipinski definition) is 1. The summed E-state index contributed by atoms with van der Waals surface area (Å²) >= 11 is 3.39. The standard InChI is InChI=1S/C9H11Br.C9H12.C4H6O/c1-7(2)8-3-5-9(10)6-4-8;1-7-4-5-8(2)9(3)6-7;1-3-4(2)5/h3-7H,1-2H3;4-6H,1-3H3;3H,1H2,2H3. The monoisotopic (exact) mass is 388 g/mol. The van der Waals surface area contributed by atoms with Gasteiger partial charge in [-0.15, -0.1) is 0 Å². The molecule has 0 saturated carbocycles. The highest BCUT2D eigenvalue weighted by atomic mass is 79.9. The average Bonchev–Trinajstić information content (AvgIpc) is 2.53. The molecule has 2 aromatic rings. The van der Waals surface area contributed by atoms with Crippen LogP contribution in [0.25, 0.3) is 0 Å². The molecule has 0 radical (unpaired) electrons. The van der Waals surface area contributed by atoms with Crippen LogP contribution in [0.1, 0.15) is 48.9 Å². The molecule has 2 rings (SSSR count). The van der Waals surface area contributed by atoms with Gasteiger partial charge in [-0.05, 0) is 68.5 Å². The molecule has 0 heterocycles. The maximum atomic E-state index is 9.69. The molecule has 0 aliphatic rings. The molecule has 0 amide bonds. The molecule has 130 valence electrons. The lowest BCUT2D eigenvalue weighted by Crippen LogP contribution is -1.84. The van der Waals surface area contributed by atoms with E-state index in [2.05, 4.69) is 99.6 Å². The number of allylic oxidation sites excluding steroid dienone is 1. The van der Waals surface area contributed by atoms with E-state index in [4.69, 9.17) is 0 Å². The molecule has 24 heavy (non-hydrogen) atoms. The fourth-order valence-corrected chi connectivity index (χ4v) is 2.00. The minimum Gasteiger partial charge on any atom is -0.295 e. The minimum atomic E-state index is 0.0185. The summed E-state index contributed by atoms with van der Waals surface area (Å²) in [5.74, 6) is 0.651. The fourth-order valence-electron chi connectivity index (χ4n) is 1.74. The third-order valence-corrected chi connectivity index (χ3v) is 4.02. The second kappa shape index (κ2) is 11.8. The number of halogens is 1. The zero-order chi connectivity index (χ0) is 18.7. The zero-order valence-corrected chi connectivity index (χ0v) is 17.3. The van der Waals surface area contributed by atoms with Crippen LogP contribution in [0, 0.1) is 20.8 Å². The molecule has 0 saturated heterocycles. The molecule has 0 unspecified atom stereocenters. The normalized spacial score (nSPS) is 9.33. The van der Waals surface area contributed by atoms with E-state index in [0.717, 1.165) is 4.47 Å². The van der Waals surface area contributed by atoms with Gasteiger partial charge >= 0.3 is 0 Å². The van der Waals surface area contributed by atoms with E-state index in [-0.39, 0.29) is 5.78 Å². The van der Waals surface area contributed by atoms with Gasteiger partial charge in [-0.1, -0.05) is 72.3 Å². The van der Waals surface area contributed by atoms with E-state index < -0.39 is 0 Å². The predicted molar refractivity (Wildman–Crippen MR) is 110 cm³/mol.